The zero-order valence-electron chi connectivity index (χ0n) is 17.2. The van der Waals surface area contributed by atoms with Gasteiger partial charge in [0.05, 0.1) is 5.75 Å². The van der Waals surface area contributed by atoms with Crippen LogP contribution in [0.2, 0.25) is 0 Å². The normalized spacial score (nSPS) is 12.6. The SMILES string of the molecule is CCS(=O)(=O)N[C@H](C(=O)NCCc1ccc(OCc2ccccc2)cc1)C(C)C. The van der Waals surface area contributed by atoms with Crippen LogP contribution in [0.3, 0.4) is 0 Å². The van der Waals surface area contributed by atoms with Gasteiger partial charge in [-0.2, -0.15) is 0 Å². The summed E-state index contributed by atoms with van der Waals surface area (Å²) in [7, 11) is -3.44. The Morgan fingerprint density at radius 1 is 1.00 bits per heavy atom. The number of nitrogens with one attached hydrogen (secondary N) is 2. The summed E-state index contributed by atoms with van der Waals surface area (Å²) in [5.41, 5.74) is 2.17. The summed E-state index contributed by atoms with van der Waals surface area (Å²) < 4.78 is 31.8. The maximum Gasteiger partial charge on any atom is 0.238 e. The molecular formula is C22H30N2O4S. The first-order chi connectivity index (χ1) is 13.8. The Hall–Kier alpha value is -2.38. The van der Waals surface area contributed by atoms with Gasteiger partial charge in [0.15, 0.2) is 0 Å². The molecule has 2 N–H and O–H groups in total. The van der Waals surface area contributed by atoms with Crippen molar-refractivity contribution in [1.82, 2.24) is 10.0 Å². The molecule has 0 heterocycles. The molecule has 7 heteroatoms. The van der Waals surface area contributed by atoms with Crippen molar-refractivity contribution < 1.29 is 17.9 Å². The van der Waals surface area contributed by atoms with Gasteiger partial charge in [-0.25, -0.2) is 13.1 Å². The highest BCUT2D eigenvalue weighted by atomic mass is 32.2. The molecule has 0 spiro atoms. The lowest BCUT2D eigenvalue weighted by atomic mass is 10.0. The number of hydrogen-bond acceptors (Lipinski definition) is 4. The van der Waals surface area contributed by atoms with Crippen molar-refractivity contribution >= 4 is 15.9 Å². The molecule has 2 rings (SSSR count). The molecule has 1 amide bonds. The van der Waals surface area contributed by atoms with Gasteiger partial charge in [0.1, 0.15) is 18.4 Å². The van der Waals surface area contributed by atoms with E-state index in [-0.39, 0.29) is 17.6 Å². The highest BCUT2D eigenvalue weighted by Crippen LogP contribution is 2.14. The molecule has 0 aliphatic rings. The van der Waals surface area contributed by atoms with Crippen LogP contribution in [0.25, 0.3) is 0 Å². The molecule has 0 saturated heterocycles. The molecule has 2 aromatic carbocycles. The summed E-state index contributed by atoms with van der Waals surface area (Å²) in [5, 5.41) is 2.82. The lowest BCUT2D eigenvalue weighted by Gasteiger charge is -2.21. The molecule has 2 aromatic rings. The number of hydrogen-bond donors (Lipinski definition) is 2. The minimum absolute atomic E-state index is 0.0534. The summed E-state index contributed by atoms with van der Waals surface area (Å²) in [4.78, 5) is 12.4. The molecule has 0 bridgehead atoms. The summed E-state index contributed by atoms with van der Waals surface area (Å²) in [6.07, 6.45) is 0.649. The van der Waals surface area contributed by atoms with Crippen LogP contribution in [-0.4, -0.2) is 32.7 Å². The molecule has 6 nitrogen and oxygen atoms in total. The average molecular weight is 419 g/mol. The van der Waals surface area contributed by atoms with Gasteiger partial charge in [-0.05, 0) is 42.5 Å². The molecule has 1 atom stereocenters. The quantitative estimate of drug-likeness (QED) is 0.588. The molecule has 0 unspecified atom stereocenters. The van der Waals surface area contributed by atoms with Crippen molar-refractivity contribution in [3.8, 4) is 5.75 Å². The summed E-state index contributed by atoms with van der Waals surface area (Å²) in [5.74, 6) is 0.287. The third-order valence-electron chi connectivity index (χ3n) is 4.52. The second-order valence-electron chi connectivity index (χ2n) is 7.20. The number of carbonyl (C=O) groups is 1. The Morgan fingerprint density at radius 3 is 2.24 bits per heavy atom. The Labute approximate surface area is 173 Å². The van der Waals surface area contributed by atoms with E-state index >= 15 is 0 Å². The van der Waals surface area contributed by atoms with Crippen molar-refractivity contribution in [3.05, 3.63) is 65.7 Å². The topological polar surface area (TPSA) is 84.5 Å². The lowest BCUT2D eigenvalue weighted by molar-refractivity contribution is -0.123. The van der Waals surface area contributed by atoms with E-state index in [0.29, 0.717) is 19.6 Å². The second kappa shape index (κ2) is 11.0. The van der Waals surface area contributed by atoms with E-state index in [1.54, 1.807) is 6.92 Å². The Morgan fingerprint density at radius 2 is 1.66 bits per heavy atom. The molecule has 158 valence electrons. The van der Waals surface area contributed by atoms with E-state index in [9.17, 15) is 13.2 Å². The van der Waals surface area contributed by atoms with Gasteiger partial charge in [0, 0.05) is 6.54 Å². The first-order valence-electron chi connectivity index (χ1n) is 9.84. The van der Waals surface area contributed by atoms with Crippen molar-refractivity contribution in [2.75, 3.05) is 12.3 Å². The first-order valence-corrected chi connectivity index (χ1v) is 11.5. The molecule has 0 aliphatic heterocycles. The lowest BCUT2D eigenvalue weighted by Crippen LogP contribution is -2.50. The van der Waals surface area contributed by atoms with Gasteiger partial charge in [-0.15, -0.1) is 0 Å². The van der Waals surface area contributed by atoms with Crippen LogP contribution in [-0.2, 0) is 27.8 Å². The monoisotopic (exact) mass is 418 g/mol. The van der Waals surface area contributed by atoms with Crippen LogP contribution in [0.4, 0.5) is 0 Å². The minimum atomic E-state index is -3.44. The van der Waals surface area contributed by atoms with Crippen molar-refractivity contribution in [3.63, 3.8) is 0 Å². The number of amides is 1. The third kappa shape index (κ3) is 7.87. The fraction of sp³-hybridized carbons (Fsp3) is 0.409. The maximum atomic E-state index is 12.4. The highest BCUT2D eigenvalue weighted by Gasteiger charge is 2.26. The maximum absolute atomic E-state index is 12.4. The van der Waals surface area contributed by atoms with Crippen molar-refractivity contribution in [2.45, 2.75) is 39.8 Å². The Kier molecular flexibility index (Phi) is 8.67. The van der Waals surface area contributed by atoms with Crippen LogP contribution < -0.4 is 14.8 Å². The van der Waals surface area contributed by atoms with Crippen LogP contribution in [0.5, 0.6) is 5.75 Å². The predicted molar refractivity (Wildman–Crippen MR) is 115 cm³/mol. The van der Waals surface area contributed by atoms with Crippen LogP contribution in [0, 0.1) is 5.92 Å². The fourth-order valence-corrected chi connectivity index (χ4v) is 3.64. The molecule has 0 aliphatic carbocycles. The molecule has 29 heavy (non-hydrogen) atoms. The van der Waals surface area contributed by atoms with Gasteiger partial charge in [-0.3, -0.25) is 4.79 Å². The minimum Gasteiger partial charge on any atom is -0.489 e. The number of rotatable bonds is 11. The fourth-order valence-electron chi connectivity index (χ4n) is 2.70. The first kappa shape index (κ1) is 22.9. The molecule has 0 radical (unpaired) electrons. The highest BCUT2D eigenvalue weighted by molar-refractivity contribution is 7.89. The number of sulfonamides is 1. The third-order valence-corrected chi connectivity index (χ3v) is 5.89. The standard InChI is InChI=1S/C22H30N2O4S/c1-4-29(26,27)24-21(17(2)3)22(25)23-15-14-18-10-12-20(13-11-18)28-16-19-8-6-5-7-9-19/h5-13,17,21,24H,4,14-16H2,1-3H3,(H,23,25)/t21-/m0/s1. The van der Waals surface area contributed by atoms with Crippen molar-refractivity contribution in [1.29, 1.82) is 0 Å². The van der Waals surface area contributed by atoms with Gasteiger partial charge in [-0.1, -0.05) is 56.3 Å². The second-order valence-corrected chi connectivity index (χ2v) is 9.24. The van der Waals surface area contributed by atoms with Crippen molar-refractivity contribution in [2.24, 2.45) is 5.92 Å². The smallest absolute Gasteiger partial charge is 0.238 e. The van der Waals surface area contributed by atoms with Gasteiger partial charge < -0.3 is 10.1 Å². The van der Waals surface area contributed by atoms with E-state index in [2.05, 4.69) is 10.0 Å². The number of ether oxygens (including phenoxy) is 1. The van der Waals surface area contributed by atoms with E-state index in [1.165, 1.54) is 0 Å². The van der Waals surface area contributed by atoms with E-state index in [1.807, 2.05) is 68.4 Å². The largest absolute Gasteiger partial charge is 0.489 e. The Bertz CT molecular complexity index is 865. The van der Waals surface area contributed by atoms with E-state index < -0.39 is 16.1 Å². The van der Waals surface area contributed by atoms with Crippen LogP contribution >= 0.6 is 0 Å². The number of carbonyl (C=O) groups excluding carboxylic acids is 1. The van der Waals surface area contributed by atoms with Gasteiger partial charge in [0.25, 0.3) is 0 Å². The average Bonchev–Trinajstić information content (AvgIpc) is 2.72. The Balaban J connectivity index is 1.81. The zero-order chi connectivity index (χ0) is 21.3. The molecule has 0 fully saturated rings. The van der Waals surface area contributed by atoms with Crippen LogP contribution in [0.1, 0.15) is 31.9 Å². The predicted octanol–water partition coefficient (Wildman–Crippen LogP) is 2.89. The van der Waals surface area contributed by atoms with Gasteiger partial charge >= 0.3 is 0 Å². The van der Waals surface area contributed by atoms with E-state index in [4.69, 9.17) is 4.74 Å². The van der Waals surface area contributed by atoms with Gasteiger partial charge in [0.2, 0.25) is 15.9 Å². The molecular weight excluding hydrogens is 388 g/mol. The number of benzene rings is 2. The molecule has 0 aromatic heterocycles. The summed E-state index contributed by atoms with van der Waals surface area (Å²) in [6, 6.07) is 16.9. The molecule has 0 saturated carbocycles. The summed E-state index contributed by atoms with van der Waals surface area (Å²) in [6.45, 7) is 6.12. The van der Waals surface area contributed by atoms with Crippen LogP contribution in [0.15, 0.2) is 54.6 Å². The summed E-state index contributed by atoms with van der Waals surface area (Å²) >= 11 is 0. The zero-order valence-corrected chi connectivity index (χ0v) is 18.0. The van der Waals surface area contributed by atoms with E-state index in [0.717, 1.165) is 16.9 Å².